The first-order valence-corrected chi connectivity index (χ1v) is 8.72. The van der Waals surface area contributed by atoms with Crippen molar-refractivity contribution < 1.29 is 18.8 Å². The van der Waals surface area contributed by atoms with Crippen LogP contribution in [0.4, 0.5) is 0 Å². The van der Waals surface area contributed by atoms with Crippen LogP contribution in [-0.4, -0.2) is 29.7 Å². The Morgan fingerprint density at radius 3 is 2.88 bits per heavy atom. The summed E-state index contributed by atoms with van der Waals surface area (Å²) in [4.78, 5) is 24.4. The van der Waals surface area contributed by atoms with Crippen LogP contribution in [0.1, 0.15) is 42.8 Å². The number of nitrogens with one attached hydrogen (secondary N) is 2. The maximum Gasteiger partial charge on any atom is 0.251 e. The van der Waals surface area contributed by atoms with Crippen LogP contribution < -0.4 is 10.6 Å². The highest BCUT2D eigenvalue weighted by atomic mass is 35.5. The molecule has 138 valence electrons. The summed E-state index contributed by atoms with van der Waals surface area (Å²) in [5.41, 5.74) is 1.25. The van der Waals surface area contributed by atoms with E-state index in [1.807, 2.05) is 13.8 Å². The van der Waals surface area contributed by atoms with Gasteiger partial charge in [0.15, 0.2) is 6.10 Å². The number of carbonyl (C=O) groups excluding carboxylic acids is 2. The molecule has 7 nitrogen and oxygen atoms in total. The van der Waals surface area contributed by atoms with Gasteiger partial charge in [-0.1, -0.05) is 48.8 Å². The van der Waals surface area contributed by atoms with Crippen LogP contribution in [0.2, 0.25) is 5.02 Å². The quantitative estimate of drug-likeness (QED) is 0.834. The molecule has 1 aromatic carbocycles. The molecular formula is C18H20ClN3O4. The van der Waals surface area contributed by atoms with Crippen LogP contribution in [0.25, 0.3) is 0 Å². The van der Waals surface area contributed by atoms with Crippen LogP contribution in [0.3, 0.4) is 0 Å². The highest BCUT2D eigenvalue weighted by molar-refractivity contribution is 6.31. The van der Waals surface area contributed by atoms with Gasteiger partial charge in [-0.05, 0) is 11.6 Å². The molecule has 0 saturated carbocycles. The van der Waals surface area contributed by atoms with Crippen molar-refractivity contribution in [2.75, 3.05) is 6.61 Å². The molecule has 2 heterocycles. The number of benzene rings is 1. The summed E-state index contributed by atoms with van der Waals surface area (Å²) in [5.74, 6) is 0.318. The summed E-state index contributed by atoms with van der Waals surface area (Å²) in [6, 6.07) is 8.18. The molecule has 3 rings (SSSR count). The molecule has 0 bridgehead atoms. The Labute approximate surface area is 156 Å². The van der Waals surface area contributed by atoms with Crippen LogP contribution in [0.5, 0.6) is 0 Å². The number of hydrogen-bond donors (Lipinski definition) is 2. The van der Waals surface area contributed by atoms with Crippen LogP contribution >= 0.6 is 11.6 Å². The van der Waals surface area contributed by atoms with Gasteiger partial charge in [0.2, 0.25) is 5.91 Å². The first-order chi connectivity index (χ1) is 12.5. The predicted molar refractivity (Wildman–Crippen MR) is 94.5 cm³/mol. The van der Waals surface area contributed by atoms with E-state index in [2.05, 4.69) is 15.8 Å². The van der Waals surface area contributed by atoms with Gasteiger partial charge in [0, 0.05) is 17.0 Å². The molecular weight excluding hydrogens is 358 g/mol. The van der Waals surface area contributed by atoms with E-state index in [1.165, 1.54) is 0 Å². The van der Waals surface area contributed by atoms with Gasteiger partial charge >= 0.3 is 0 Å². The van der Waals surface area contributed by atoms with Crippen molar-refractivity contribution in [1.82, 2.24) is 15.8 Å². The molecule has 2 aromatic rings. The van der Waals surface area contributed by atoms with Gasteiger partial charge in [-0.25, -0.2) is 0 Å². The van der Waals surface area contributed by atoms with Gasteiger partial charge in [-0.15, -0.1) is 0 Å². The van der Waals surface area contributed by atoms with Crippen molar-refractivity contribution in [3.8, 4) is 0 Å². The number of rotatable bonds is 5. The van der Waals surface area contributed by atoms with E-state index in [-0.39, 0.29) is 30.9 Å². The molecule has 1 fully saturated rings. The lowest BCUT2D eigenvalue weighted by molar-refractivity contribution is -0.148. The van der Waals surface area contributed by atoms with Crippen molar-refractivity contribution in [2.24, 2.45) is 0 Å². The first-order valence-electron chi connectivity index (χ1n) is 8.34. The van der Waals surface area contributed by atoms with Gasteiger partial charge in [-0.3, -0.25) is 9.59 Å². The minimum atomic E-state index is -0.885. The highest BCUT2D eigenvalue weighted by Crippen LogP contribution is 2.28. The van der Waals surface area contributed by atoms with Crippen LogP contribution in [0.15, 0.2) is 34.9 Å². The Balaban J connectivity index is 1.71. The average molecular weight is 378 g/mol. The number of ether oxygens (including phenoxy) is 1. The molecule has 0 radical (unpaired) electrons. The number of morpholine rings is 1. The van der Waals surface area contributed by atoms with E-state index in [9.17, 15) is 9.59 Å². The number of hydrogen-bond acceptors (Lipinski definition) is 5. The molecule has 1 aromatic heterocycles. The molecule has 0 unspecified atom stereocenters. The van der Waals surface area contributed by atoms with Crippen molar-refractivity contribution in [1.29, 1.82) is 0 Å². The summed E-state index contributed by atoms with van der Waals surface area (Å²) in [6.45, 7) is 4.02. The minimum Gasteiger partial charge on any atom is -0.361 e. The van der Waals surface area contributed by atoms with Gasteiger partial charge in [-0.2, -0.15) is 0 Å². The van der Waals surface area contributed by atoms with Gasteiger partial charge in [0.1, 0.15) is 18.1 Å². The third-order valence-electron chi connectivity index (χ3n) is 4.10. The van der Waals surface area contributed by atoms with Crippen molar-refractivity contribution in [3.05, 3.63) is 52.4 Å². The van der Waals surface area contributed by atoms with Gasteiger partial charge < -0.3 is 19.9 Å². The van der Waals surface area contributed by atoms with Gasteiger partial charge in [0.05, 0.1) is 12.6 Å². The molecule has 0 aliphatic carbocycles. The normalized spacial score (nSPS) is 20.1. The summed E-state index contributed by atoms with van der Waals surface area (Å²) >= 11 is 6.22. The molecule has 2 N–H and O–H groups in total. The monoisotopic (exact) mass is 377 g/mol. The Bertz CT molecular complexity index is 805. The fraction of sp³-hybridized carbons (Fsp3) is 0.389. The maximum atomic E-state index is 12.6. The SMILES string of the molecule is CC(C)c1cc(CNC(=O)[C@H]2OCC(=O)N[C@@H]2c2ccccc2Cl)no1. The molecule has 1 saturated heterocycles. The van der Waals surface area contributed by atoms with E-state index in [0.717, 1.165) is 5.76 Å². The fourth-order valence-electron chi connectivity index (χ4n) is 2.71. The molecule has 8 heteroatoms. The van der Waals surface area contributed by atoms with Gasteiger partial charge in [0.25, 0.3) is 5.91 Å². The maximum absolute atomic E-state index is 12.6. The topological polar surface area (TPSA) is 93.5 Å². The zero-order valence-electron chi connectivity index (χ0n) is 14.5. The average Bonchev–Trinajstić information content (AvgIpc) is 3.09. The largest absolute Gasteiger partial charge is 0.361 e. The van der Waals surface area contributed by atoms with Crippen LogP contribution in [0, 0.1) is 0 Å². The molecule has 0 spiro atoms. The summed E-state index contributed by atoms with van der Waals surface area (Å²) in [7, 11) is 0. The number of nitrogens with zero attached hydrogens (tertiary/aromatic N) is 1. The fourth-order valence-corrected chi connectivity index (χ4v) is 2.96. The molecule has 1 aliphatic heterocycles. The van der Waals surface area contributed by atoms with Crippen molar-refractivity contribution in [3.63, 3.8) is 0 Å². The van der Waals surface area contributed by atoms with Crippen LogP contribution in [-0.2, 0) is 20.9 Å². The minimum absolute atomic E-state index is 0.180. The second-order valence-corrected chi connectivity index (χ2v) is 6.80. The Kier molecular flexibility index (Phi) is 5.58. The summed E-state index contributed by atoms with van der Waals surface area (Å²) in [6.07, 6.45) is -0.885. The highest BCUT2D eigenvalue weighted by Gasteiger charge is 2.37. The predicted octanol–water partition coefficient (Wildman–Crippen LogP) is 2.32. The van der Waals surface area contributed by atoms with Crippen molar-refractivity contribution >= 4 is 23.4 Å². The Morgan fingerprint density at radius 1 is 1.42 bits per heavy atom. The molecule has 26 heavy (non-hydrogen) atoms. The summed E-state index contributed by atoms with van der Waals surface area (Å²) in [5, 5.41) is 9.95. The Hall–Kier alpha value is -2.38. The zero-order valence-corrected chi connectivity index (χ0v) is 15.2. The lowest BCUT2D eigenvalue weighted by Crippen LogP contribution is -2.52. The second-order valence-electron chi connectivity index (χ2n) is 6.39. The lowest BCUT2D eigenvalue weighted by atomic mass is 9.99. The summed E-state index contributed by atoms with van der Waals surface area (Å²) < 4.78 is 10.7. The standard InChI is InChI=1S/C18H20ClN3O4/c1-10(2)14-7-11(22-26-14)8-20-18(24)17-16(21-15(23)9-25-17)12-5-3-4-6-13(12)19/h3-7,10,16-17H,8-9H2,1-2H3,(H,20,24)(H,21,23)/t16-,17+/m1/s1. The number of aromatic nitrogens is 1. The van der Waals surface area contributed by atoms with E-state index >= 15 is 0 Å². The molecule has 2 atom stereocenters. The van der Waals surface area contributed by atoms with E-state index < -0.39 is 12.1 Å². The first kappa shape index (κ1) is 18.4. The zero-order chi connectivity index (χ0) is 18.7. The molecule has 1 aliphatic rings. The van der Waals surface area contributed by atoms with Crippen molar-refractivity contribution in [2.45, 2.75) is 38.5 Å². The molecule has 2 amide bonds. The van der Waals surface area contributed by atoms with E-state index in [0.29, 0.717) is 16.3 Å². The third-order valence-corrected chi connectivity index (χ3v) is 4.45. The third kappa shape index (κ3) is 4.05. The second kappa shape index (κ2) is 7.88. The Morgan fingerprint density at radius 2 is 2.19 bits per heavy atom. The van der Waals surface area contributed by atoms with E-state index in [1.54, 1.807) is 30.3 Å². The number of carbonyl (C=O) groups is 2. The number of amides is 2. The van der Waals surface area contributed by atoms with E-state index in [4.69, 9.17) is 20.9 Å². The number of halogens is 1. The lowest BCUT2D eigenvalue weighted by Gasteiger charge is -2.32. The smallest absolute Gasteiger partial charge is 0.251 e.